The monoisotopic (exact) mass is 299 g/mol. The second-order valence-electron chi connectivity index (χ2n) is 3.27. The van der Waals surface area contributed by atoms with Crippen LogP contribution in [0.1, 0.15) is 11.5 Å². The molecule has 0 spiro atoms. The number of hydrogen-bond donors (Lipinski definition) is 1. The van der Waals surface area contributed by atoms with Gasteiger partial charge >= 0.3 is 0 Å². The van der Waals surface area contributed by atoms with Gasteiger partial charge in [0.2, 0.25) is 5.89 Å². The van der Waals surface area contributed by atoms with Crippen molar-refractivity contribution >= 4 is 33.4 Å². The molecule has 16 heavy (non-hydrogen) atoms. The van der Waals surface area contributed by atoms with Gasteiger partial charge in [0.05, 0.1) is 0 Å². The molecule has 0 aliphatic carbocycles. The van der Waals surface area contributed by atoms with E-state index in [0.717, 1.165) is 21.5 Å². The number of thioether (sulfide) groups is 1. The van der Waals surface area contributed by atoms with E-state index in [9.17, 15) is 0 Å². The van der Waals surface area contributed by atoms with E-state index >= 15 is 0 Å². The van der Waals surface area contributed by atoms with Gasteiger partial charge in [0.25, 0.3) is 5.22 Å². The maximum Gasteiger partial charge on any atom is 0.276 e. The Labute approximate surface area is 106 Å². The summed E-state index contributed by atoms with van der Waals surface area (Å²) in [5, 5.41) is 8.25. The molecule has 4 nitrogen and oxygen atoms in total. The van der Waals surface area contributed by atoms with Crippen LogP contribution in [0, 0.1) is 6.92 Å². The van der Waals surface area contributed by atoms with Crippen LogP contribution in [0.15, 0.2) is 32.3 Å². The van der Waals surface area contributed by atoms with Gasteiger partial charge in [-0.25, -0.2) is 0 Å². The van der Waals surface area contributed by atoms with E-state index in [-0.39, 0.29) is 0 Å². The Bertz CT molecular complexity index is 480. The second-order valence-corrected chi connectivity index (χ2v) is 5.11. The normalized spacial score (nSPS) is 10.6. The molecule has 1 aromatic heterocycles. The highest BCUT2D eigenvalue weighted by Crippen LogP contribution is 2.24. The van der Waals surface area contributed by atoms with Crippen molar-refractivity contribution in [3.05, 3.63) is 34.1 Å². The molecule has 0 radical (unpaired) electrons. The van der Waals surface area contributed by atoms with Crippen LogP contribution in [0.25, 0.3) is 0 Å². The van der Waals surface area contributed by atoms with Gasteiger partial charge in [-0.2, -0.15) is 0 Å². The first-order valence-corrected chi connectivity index (χ1v) is 6.39. The number of rotatable bonds is 3. The third-order valence-corrected chi connectivity index (χ3v) is 3.20. The van der Waals surface area contributed by atoms with Gasteiger partial charge in [0.1, 0.15) is 0 Å². The molecule has 0 unspecified atom stereocenters. The van der Waals surface area contributed by atoms with Crippen molar-refractivity contribution in [3.63, 3.8) is 0 Å². The number of benzene rings is 1. The quantitative estimate of drug-likeness (QED) is 0.697. The van der Waals surface area contributed by atoms with Crippen LogP contribution in [-0.4, -0.2) is 10.2 Å². The van der Waals surface area contributed by atoms with Crippen molar-refractivity contribution in [1.29, 1.82) is 0 Å². The van der Waals surface area contributed by atoms with Crippen LogP contribution in [0.5, 0.6) is 0 Å². The van der Waals surface area contributed by atoms with Crippen LogP contribution in [0.3, 0.4) is 0 Å². The fraction of sp³-hybridized carbons (Fsp3) is 0.200. The lowest BCUT2D eigenvalue weighted by atomic mass is 10.2. The Morgan fingerprint density at radius 2 is 2.19 bits per heavy atom. The first-order chi connectivity index (χ1) is 7.63. The lowest BCUT2D eigenvalue weighted by Crippen LogP contribution is -1.88. The summed E-state index contributed by atoms with van der Waals surface area (Å²) in [6, 6.07) is 5.82. The molecule has 2 N–H and O–H groups in total. The largest absolute Gasteiger partial charge is 0.416 e. The SMILES string of the molecule is Cc1nnc(SCc2cc(N)cc(Br)c2)o1. The molecule has 0 atom stereocenters. The van der Waals surface area contributed by atoms with Gasteiger partial charge in [-0.3, -0.25) is 0 Å². The number of halogens is 1. The number of nitrogens with two attached hydrogens (primary N) is 1. The number of nitrogens with zero attached hydrogens (tertiary/aromatic N) is 2. The van der Waals surface area contributed by atoms with Crippen LogP contribution in [0.4, 0.5) is 5.69 Å². The van der Waals surface area contributed by atoms with E-state index in [0.29, 0.717) is 11.1 Å². The van der Waals surface area contributed by atoms with Crippen molar-refractivity contribution in [2.24, 2.45) is 0 Å². The van der Waals surface area contributed by atoms with Crippen molar-refractivity contribution in [2.75, 3.05) is 5.73 Å². The third kappa shape index (κ3) is 2.99. The fourth-order valence-corrected chi connectivity index (χ4v) is 2.53. The lowest BCUT2D eigenvalue weighted by Gasteiger charge is -2.01. The van der Waals surface area contributed by atoms with Gasteiger partial charge in [-0.05, 0) is 23.8 Å². The van der Waals surface area contributed by atoms with Gasteiger partial charge < -0.3 is 10.2 Å². The molecule has 84 valence electrons. The van der Waals surface area contributed by atoms with Crippen LogP contribution in [-0.2, 0) is 5.75 Å². The minimum Gasteiger partial charge on any atom is -0.416 e. The van der Waals surface area contributed by atoms with E-state index < -0.39 is 0 Å². The molecule has 6 heteroatoms. The van der Waals surface area contributed by atoms with E-state index in [1.165, 1.54) is 11.8 Å². The maximum atomic E-state index is 5.74. The molecular weight excluding hydrogens is 290 g/mol. The molecule has 0 saturated heterocycles. The highest BCUT2D eigenvalue weighted by Gasteiger charge is 2.04. The van der Waals surface area contributed by atoms with Crippen LogP contribution >= 0.6 is 27.7 Å². The predicted molar refractivity (Wildman–Crippen MR) is 67.2 cm³/mol. The number of aryl methyl sites for hydroxylation is 1. The second kappa shape index (κ2) is 4.88. The molecule has 2 aromatic rings. The van der Waals surface area contributed by atoms with E-state index in [1.54, 1.807) is 6.92 Å². The Morgan fingerprint density at radius 1 is 1.38 bits per heavy atom. The Hall–Kier alpha value is -1.01. The number of aromatic nitrogens is 2. The summed E-state index contributed by atoms with van der Waals surface area (Å²) in [6.07, 6.45) is 0. The van der Waals surface area contributed by atoms with Gasteiger partial charge in [0.15, 0.2) is 0 Å². The summed E-state index contributed by atoms with van der Waals surface area (Å²) in [7, 11) is 0. The summed E-state index contributed by atoms with van der Waals surface area (Å²) < 4.78 is 6.24. The summed E-state index contributed by atoms with van der Waals surface area (Å²) in [5.41, 5.74) is 7.60. The standard InChI is InChI=1S/C10H10BrN3OS/c1-6-13-14-10(15-6)16-5-7-2-8(11)4-9(12)3-7/h2-4H,5,12H2,1H3. The molecule has 2 rings (SSSR count). The number of nitrogen functional groups attached to an aromatic ring is 1. The van der Waals surface area contributed by atoms with Crippen molar-refractivity contribution < 1.29 is 4.42 Å². The number of anilines is 1. The van der Waals surface area contributed by atoms with E-state index in [2.05, 4.69) is 26.1 Å². The number of hydrogen-bond acceptors (Lipinski definition) is 5. The molecule has 0 bridgehead atoms. The molecule has 0 amide bonds. The average molecular weight is 300 g/mol. The third-order valence-electron chi connectivity index (χ3n) is 1.85. The van der Waals surface area contributed by atoms with Gasteiger partial charge in [-0.15, -0.1) is 10.2 Å². The summed E-state index contributed by atoms with van der Waals surface area (Å²) in [6.45, 7) is 1.77. The summed E-state index contributed by atoms with van der Waals surface area (Å²) >= 11 is 4.90. The molecule has 0 saturated carbocycles. The minimum absolute atomic E-state index is 0.580. The molecule has 1 aromatic carbocycles. The van der Waals surface area contributed by atoms with Crippen LogP contribution < -0.4 is 5.73 Å². The highest BCUT2D eigenvalue weighted by molar-refractivity contribution is 9.10. The molecule has 0 fully saturated rings. The first-order valence-electron chi connectivity index (χ1n) is 4.61. The average Bonchev–Trinajstić information content (AvgIpc) is 2.60. The van der Waals surface area contributed by atoms with Gasteiger partial charge in [-0.1, -0.05) is 27.7 Å². The zero-order valence-electron chi connectivity index (χ0n) is 8.61. The minimum atomic E-state index is 0.580. The molecule has 0 aliphatic heterocycles. The fourth-order valence-electron chi connectivity index (χ4n) is 1.24. The predicted octanol–water partition coefficient (Wildman–Crippen LogP) is 3.02. The molecule has 0 aliphatic rings. The summed E-state index contributed by atoms with van der Waals surface area (Å²) in [4.78, 5) is 0. The van der Waals surface area contributed by atoms with Crippen LogP contribution in [0.2, 0.25) is 0 Å². The Morgan fingerprint density at radius 3 is 2.81 bits per heavy atom. The lowest BCUT2D eigenvalue weighted by molar-refractivity contribution is 0.429. The van der Waals surface area contributed by atoms with Crippen molar-refractivity contribution in [3.8, 4) is 0 Å². The summed E-state index contributed by atoms with van der Waals surface area (Å²) in [5.74, 6) is 1.34. The topological polar surface area (TPSA) is 64.9 Å². The zero-order valence-corrected chi connectivity index (χ0v) is 11.0. The van der Waals surface area contributed by atoms with Crippen molar-refractivity contribution in [2.45, 2.75) is 17.9 Å². The highest BCUT2D eigenvalue weighted by atomic mass is 79.9. The zero-order chi connectivity index (χ0) is 11.5. The van der Waals surface area contributed by atoms with E-state index in [1.807, 2.05) is 18.2 Å². The first kappa shape index (κ1) is 11.5. The van der Waals surface area contributed by atoms with Crippen molar-refractivity contribution in [1.82, 2.24) is 10.2 Å². The Balaban J connectivity index is 2.04. The van der Waals surface area contributed by atoms with E-state index in [4.69, 9.17) is 10.2 Å². The maximum absolute atomic E-state index is 5.74. The smallest absolute Gasteiger partial charge is 0.276 e. The molecule has 1 heterocycles. The Kier molecular flexibility index (Phi) is 3.50. The molecular formula is C10H10BrN3OS. The van der Waals surface area contributed by atoms with Gasteiger partial charge in [0, 0.05) is 22.8 Å².